The molecule has 3 atom stereocenters. The van der Waals surface area contributed by atoms with Crippen molar-refractivity contribution in [2.45, 2.75) is 51.9 Å². The number of alkyl carbamates (subject to hydrolysis) is 1. The highest BCUT2D eigenvalue weighted by molar-refractivity contribution is 5.75. The molecule has 8 heteroatoms. The Morgan fingerprint density at radius 3 is 2.69 bits per heavy atom. The zero-order valence-electron chi connectivity index (χ0n) is 15.7. The predicted molar refractivity (Wildman–Crippen MR) is 96.6 cm³/mol. The number of allylic oxidation sites excluding steroid dienone is 1. The van der Waals surface area contributed by atoms with Crippen molar-refractivity contribution in [2.75, 3.05) is 7.11 Å². The van der Waals surface area contributed by atoms with Gasteiger partial charge in [-0.15, -0.1) is 0 Å². The molecule has 0 saturated heterocycles. The van der Waals surface area contributed by atoms with Crippen LogP contribution in [0.2, 0.25) is 0 Å². The Labute approximate surface area is 152 Å². The summed E-state index contributed by atoms with van der Waals surface area (Å²) < 4.78 is 10.9. The van der Waals surface area contributed by atoms with Gasteiger partial charge >= 0.3 is 6.09 Å². The number of ether oxygens (including phenoxy) is 2. The van der Waals surface area contributed by atoms with Crippen molar-refractivity contribution >= 4 is 17.4 Å². The normalized spacial score (nSPS) is 23.1. The molecule has 1 heterocycles. The average molecular weight is 363 g/mol. The number of carbonyl (C=O) groups excluding carboxylic acids is 1. The van der Waals surface area contributed by atoms with Crippen molar-refractivity contribution in [2.24, 2.45) is 5.92 Å². The van der Waals surface area contributed by atoms with E-state index in [-0.39, 0.29) is 17.7 Å². The highest BCUT2D eigenvalue weighted by atomic mass is 16.6. The van der Waals surface area contributed by atoms with Crippen LogP contribution in [0.25, 0.3) is 5.57 Å². The third-order valence-electron chi connectivity index (χ3n) is 4.14. The number of nitro groups is 1. The first-order valence-corrected chi connectivity index (χ1v) is 8.44. The number of rotatable bonds is 4. The molecule has 0 bridgehead atoms. The second-order valence-electron chi connectivity index (χ2n) is 7.40. The van der Waals surface area contributed by atoms with Crippen LogP contribution >= 0.6 is 0 Å². The summed E-state index contributed by atoms with van der Waals surface area (Å²) in [6, 6.07) is 1.16. The molecule has 8 nitrogen and oxygen atoms in total. The third-order valence-corrected chi connectivity index (χ3v) is 4.14. The number of amides is 1. The van der Waals surface area contributed by atoms with Crippen molar-refractivity contribution in [1.82, 2.24) is 10.3 Å². The van der Waals surface area contributed by atoms with Crippen molar-refractivity contribution in [3.05, 3.63) is 40.2 Å². The maximum atomic E-state index is 12.2. The van der Waals surface area contributed by atoms with E-state index in [4.69, 9.17) is 9.47 Å². The Morgan fingerprint density at radius 2 is 2.12 bits per heavy atom. The van der Waals surface area contributed by atoms with Crippen molar-refractivity contribution in [3.8, 4) is 0 Å². The topological polar surface area (TPSA) is 104 Å². The number of nitrogens with one attached hydrogen (secondary N) is 1. The molecule has 26 heavy (non-hydrogen) atoms. The van der Waals surface area contributed by atoms with E-state index in [1.54, 1.807) is 40.0 Å². The Kier molecular flexibility index (Phi) is 5.97. The van der Waals surface area contributed by atoms with Gasteiger partial charge in [0.15, 0.2) is 0 Å². The maximum absolute atomic E-state index is 12.2. The molecule has 2 rings (SSSR count). The monoisotopic (exact) mass is 363 g/mol. The highest BCUT2D eigenvalue weighted by Crippen LogP contribution is 2.36. The van der Waals surface area contributed by atoms with Crippen LogP contribution in [0.15, 0.2) is 24.5 Å². The highest BCUT2D eigenvalue weighted by Gasteiger charge is 2.34. The fourth-order valence-electron chi connectivity index (χ4n) is 3.15. The van der Waals surface area contributed by atoms with Crippen LogP contribution < -0.4 is 5.32 Å². The summed E-state index contributed by atoms with van der Waals surface area (Å²) in [4.78, 5) is 26.9. The molecule has 0 aliphatic heterocycles. The molecule has 1 N–H and O–H groups in total. The predicted octanol–water partition coefficient (Wildman–Crippen LogP) is 3.32. The molecule has 0 radical (unpaired) electrons. The van der Waals surface area contributed by atoms with Crippen LogP contribution in [-0.4, -0.2) is 40.9 Å². The summed E-state index contributed by atoms with van der Waals surface area (Å²) in [5.41, 5.74) is 0.602. The Bertz CT molecular complexity index is 711. The first kappa shape index (κ1) is 19.8. The van der Waals surface area contributed by atoms with Gasteiger partial charge in [0.1, 0.15) is 11.8 Å². The Hall–Kier alpha value is -2.48. The third kappa shape index (κ3) is 4.78. The lowest BCUT2D eigenvalue weighted by Crippen LogP contribution is -2.49. The average Bonchev–Trinajstić information content (AvgIpc) is 2.52. The molecule has 3 unspecified atom stereocenters. The lowest BCUT2D eigenvalue weighted by atomic mass is 9.81. The van der Waals surface area contributed by atoms with Gasteiger partial charge in [-0.05, 0) is 44.7 Å². The first-order chi connectivity index (χ1) is 12.1. The van der Waals surface area contributed by atoms with Gasteiger partial charge in [0, 0.05) is 13.3 Å². The summed E-state index contributed by atoms with van der Waals surface area (Å²) in [6.45, 7) is 7.33. The van der Waals surface area contributed by atoms with E-state index < -0.39 is 22.7 Å². The van der Waals surface area contributed by atoms with Gasteiger partial charge in [0.2, 0.25) is 0 Å². The standard InChI is InChI=1S/C18H25N3O5/c1-11-8-12(13-6-7-19-10-15(13)21(23)24)9-14(16(11)25-5)20-17(22)26-18(2,3)4/h6-7,9-11,14,16H,8H2,1-5H3,(H,20,22). The number of hydrogen-bond donors (Lipinski definition) is 1. The van der Waals surface area contributed by atoms with E-state index in [0.717, 1.165) is 5.57 Å². The molecule has 1 aliphatic rings. The minimum atomic E-state index is -0.622. The van der Waals surface area contributed by atoms with E-state index in [2.05, 4.69) is 10.3 Å². The molecule has 0 fully saturated rings. The number of carbonyl (C=O) groups is 1. The fraction of sp³-hybridized carbons (Fsp3) is 0.556. The van der Waals surface area contributed by atoms with Crippen molar-refractivity contribution in [3.63, 3.8) is 0 Å². The van der Waals surface area contributed by atoms with E-state index in [1.807, 2.05) is 6.92 Å². The Balaban J connectivity index is 2.35. The van der Waals surface area contributed by atoms with Crippen molar-refractivity contribution < 1.29 is 19.2 Å². The molecule has 0 saturated carbocycles. The molecule has 1 aliphatic carbocycles. The lowest BCUT2D eigenvalue weighted by Gasteiger charge is -2.35. The minimum absolute atomic E-state index is 0.0488. The van der Waals surface area contributed by atoms with E-state index in [9.17, 15) is 14.9 Å². The zero-order chi connectivity index (χ0) is 19.5. The summed E-state index contributed by atoms with van der Waals surface area (Å²) >= 11 is 0. The number of methoxy groups -OCH3 is 1. The smallest absolute Gasteiger partial charge is 0.408 e. The molecule has 0 aromatic carbocycles. The van der Waals surface area contributed by atoms with Gasteiger partial charge in [-0.25, -0.2) is 4.79 Å². The van der Waals surface area contributed by atoms with E-state index >= 15 is 0 Å². The minimum Gasteiger partial charge on any atom is -0.444 e. The largest absolute Gasteiger partial charge is 0.444 e. The summed E-state index contributed by atoms with van der Waals surface area (Å²) in [5.74, 6) is 0.0488. The van der Waals surface area contributed by atoms with Gasteiger partial charge in [0.05, 0.1) is 22.6 Å². The second kappa shape index (κ2) is 7.82. The van der Waals surface area contributed by atoms with Crippen LogP contribution in [-0.2, 0) is 9.47 Å². The first-order valence-electron chi connectivity index (χ1n) is 8.44. The van der Waals surface area contributed by atoms with Gasteiger partial charge in [0.25, 0.3) is 5.69 Å². The summed E-state index contributed by atoms with van der Waals surface area (Å²) in [5, 5.41) is 14.1. The van der Waals surface area contributed by atoms with Crippen LogP contribution in [0.4, 0.5) is 10.5 Å². The molecular formula is C18H25N3O5. The maximum Gasteiger partial charge on any atom is 0.408 e. The van der Waals surface area contributed by atoms with Gasteiger partial charge < -0.3 is 14.8 Å². The molecule has 0 spiro atoms. The number of hydrogen-bond acceptors (Lipinski definition) is 6. The zero-order valence-corrected chi connectivity index (χ0v) is 15.7. The van der Waals surface area contributed by atoms with Gasteiger partial charge in [-0.3, -0.25) is 15.1 Å². The summed E-state index contributed by atoms with van der Waals surface area (Å²) in [7, 11) is 1.58. The molecule has 1 amide bonds. The molecular weight excluding hydrogens is 338 g/mol. The van der Waals surface area contributed by atoms with Gasteiger partial charge in [-0.1, -0.05) is 13.0 Å². The van der Waals surface area contributed by atoms with Crippen LogP contribution in [0.3, 0.4) is 0 Å². The summed E-state index contributed by atoms with van der Waals surface area (Å²) in [6.07, 6.45) is 4.34. The molecule has 1 aromatic heterocycles. The number of pyridine rings is 1. The van der Waals surface area contributed by atoms with Gasteiger partial charge in [-0.2, -0.15) is 0 Å². The van der Waals surface area contributed by atoms with Crippen LogP contribution in [0.1, 0.15) is 39.7 Å². The van der Waals surface area contributed by atoms with E-state index in [0.29, 0.717) is 12.0 Å². The van der Waals surface area contributed by atoms with E-state index in [1.165, 1.54) is 12.4 Å². The van der Waals surface area contributed by atoms with Crippen molar-refractivity contribution in [1.29, 1.82) is 0 Å². The lowest BCUT2D eigenvalue weighted by molar-refractivity contribution is -0.385. The Morgan fingerprint density at radius 1 is 1.42 bits per heavy atom. The SMILES string of the molecule is COC1C(C)CC(c2ccncc2[N+](=O)[O-])=CC1NC(=O)OC(C)(C)C. The molecule has 142 valence electrons. The van der Waals surface area contributed by atoms with Crippen LogP contribution in [0, 0.1) is 16.0 Å². The number of aromatic nitrogens is 1. The molecule has 1 aromatic rings. The quantitative estimate of drug-likeness (QED) is 0.650. The second-order valence-corrected chi connectivity index (χ2v) is 7.40. The number of nitrogens with zero attached hydrogens (tertiary/aromatic N) is 2. The fourth-order valence-corrected chi connectivity index (χ4v) is 3.15. The van der Waals surface area contributed by atoms with Crippen LogP contribution in [0.5, 0.6) is 0 Å².